The molecule has 6 nitrogen and oxygen atoms in total. The zero-order valence-corrected chi connectivity index (χ0v) is 14.6. The quantitative estimate of drug-likeness (QED) is 0.856. The number of carbonyl (C=O) groups is 1. The van der Waals surface area contributed by atoms with Gasteiger partial charge in [-0.25, -0.2) is 17.6 Å². The summed E-state index contributed by atoms with van der Waals surface area (Å²) in [5, 5.41) is 2.48. The zero-order chi connectivity index (χ0) is 17.7. The van der Waals surface area contributed by atoms with Crippen LogP contribution in [0, 0.1) is 5.82 Å². The lowest BCUT2D eigenvalue weighted by molar-refractivity contribution is 0.0525. The van der Waals surface area contributed by atoms with Gasteiger partial charge < -0.3 is 10.1 Å². The van der Waals surface area contributed by atoms with Crippen LogP contribution in [0.3, 0.4) is 0 Å². The van der Waals surface area contributed by atoms with Crippen LogP contribution in [0.15, 0.2) is 24.3 Å². The molecule has 0 heterocycles. The topological polar surface area (TPSA) is 75.7 Å². The summed E-state index contributed by atoms with van der Waals surface area (Å²) < 4.78 is 43.4. The van der Waals surface area contributed by atoms with Crippen molar-refractivity contribution in [3.63, 3.8) is 0 Å². The minimum Gasteiger partial charge on any atom is -0.444 e. The largest absolute Gasteiger partial charge is 0.444 e. The van der Waals surface area contributed by atoms with Crippen molar-refractivity contribution in [1.29, 1.82) is 0 Å². The van der Waals surface area contributed by atoms with Gasteiger partial charge in [-0.2, -0.15) is 4.31 Å². The number of amides is 1. The molecule has 1 aromatic rings. The van der Waals surface area contributed by atoms with E-state index in [1.165, 1.54) is 18.2 Å². The van der Waals surface area contributed by atoms with E-state index in [-0.39, 0.29) is 25.2 Å². The van der Waals surface area contributed by atoms with Crippen molar-refractivity contribution in [3.8, 4) is 0 Å². The van der Waals surface area contributed by atoms with Crippen molar-refractivity contribution >= 4 is 16.1 Å². The molecular formula is C15H23FN2O4S. The fourth-order valence-corrected chi connectivity index (χ4v) is 2.57. The Morgan fingerprint density at radius 2 is 1.91 bits per heavy atom. The first-order valence-electron chi connectivity index (χ1n) is 7.14. The van der Waals surface area contributed by atoms with E-state index in [1.807, 2.05) is 0 Å². The van der Waals surface area contributed by atoms with Gasteiger partial charge in [-0.3, -0.25) is 0 Å². The predicted molar refractivity (Wildman–Crippen MR) is 85.9 cm³/mol. The number of nitrogens with one attached hydrogen (secondary N) is 1. The summed E-state index contributed by atoms with van der Waals surface area (Å²) in [6, 6.07) is 5.97. The van der Waals surface area contributed by atoms with Gasteiger partial charge in [0.15, 0.2) is 0 Å². The Labute approximate surface area is 136 Å². The third-order valence-electron chi connectivity index (χ3n) is 2.80. The summed E-state index contributed by atoms with van der Waals surface area (Å²) in [6.45, 7) is 5.18. The van der Waals surface area contributed by atoms with Gasteiger partial charge in [-0.05, 0) is 26.8 Å². The third kappa shape index (κ3) is 7.43. The van der Waals surface area contributed by atoms with Gasteiger partial charge in [-0.1, -0.05) is 18.2 Å². The van der Waals surface area contributed by atoms with Gasteiger partial charge in [0.05, 0.1) is 6.26 Å². The minimum atomic E-state index is -3.54. The molecule has 0 radical (unpaired) electrons. The normalized spacial score (nSPS) is 12.3. The van der Waals surface area contributed by atoms with Crippen molar-refractivity contribution in [3.05, 3.63) is 35.6 Å². The molecule has 1 aromatic carbocycles. The molecule has 0 fully saturated rings. The average Bonchev–Trinajstić information content (AvgIpc) is 2.36. The second-order valence-corrected chi connectivity index (χ2v) is 8.10. The van der Waals surface area contributed by atoms with Crippen LogP contribution in [0.1, 0.15) is 26.3 Å². The van der Waals surface area contributed by atoms with E-state index in [9.17, 15) is 17.6 Å². The Morgan fingerprint density at radius 3 is 2.43 bits per heavy atom. The molecule has 0 bridgehead atoms. The minimum absolute atomic E-state index is 0.0202. The highest BCUT2D eigenvalue weighted by molar-refractivity contribution is 7.88. The van der Waals surface area contributed by atoms with E-state index in [0.717, 1.165) is 10.6 Å². The van der Waals surface area contributed by atoms with E-state index < -0.39 is 27.5 Å². The first-order valence-corrected chi connectivity index (χ1v) is 8.99. The lowest BCUT2D eigenvalue weighted by atomic mass is 10.2. The Kier molecular flexibility index (Phi) is 6.52. The first-order chi connectivity index (χ1) is 10.5. The van der Waals surface area contributed by atoms with E-state index in [1.54, 1.807) is 26.8 Å². The fourth-order valence-electron chi connectivity index (χ4n) is 1.78. The lowest BCUT2D eigenvalue weighted by Crippen LogP contribution is -2.39. The van der Waals surface area contributed by atoms with Crippen molar-refractivity contribution in [2.45, 2.75) is 32.9 Å². The van der Waals surface area contributed by atoms with E-state index >= 15 is 0 Å². The zero-order valence-electron chi connectivity index (χ0n) is 13.8. The summed E-state index contributed by atoms with van der Waals surface area (Å²) in [4.78, 5) is 11.5. The molecule has 0 unspecified atom stereocenters. The van der Waals surface area contributed by atoms with Crippen molar-refractivity contribution < 1.29 is 22.3 Å². The predicted octanol–water partition coefficient (Wildman–Crippen LogP) is 2.11. The average molecular weight is 346 g/mol. The van der Waals surface area contributed by atoms with Crippen LogP contribution in [0.4, 0.5) is 9.18 Å². The van der Waals surface area contributed by atoms with Crippen molar-refractivity contribution in [2.75, 3.05) is 19.3 Å². The molecule has 0 saturated carbocycles. The van der Waals surface area contributed by atoms with Gasteiger partial charge >= 0.3 is 6.09 Å². The molecule has 8 heteroatoms. The molecule has 1 N–H and O–H groups in total. The summed E-state index contributed by atoms with van der Waals surface area (Å²) in [7, 11) is -3.54. The number of alkyl carbamates (subject to hydrolysis) is 1. The molecule has 0 aromatic heterocycles. The monoisotopic (exact) mass is 346 g/mol. The number of ether oxygens (including phenoxy) is 1. The second-order valence-electron chi connectivity index (χ2n) is 6.12. The van der Waals surface area contributed by atoms with Gasteiger partial charge in [0.25, 0.3) is 0 Å². The molecule has 0 aliphatic heterocycles. The number of rotatable bonds is 6. The molecule has 0 aliphatic rings. The van der Waals surface area contributed by atoms with Crippen molar-refractivity contribution in [2.24, 2.45) is 0 Å². The molecule has 0 atom stereocenters. The van der Waals surface area contributed by atoms with Gasteiger partial charge in [0.2, 0.25) is 10.0 Å². The second kappa shape index (κ2) is 7.74. The summed E-state index contributed by atoms with van der Waals surface area (Å²) >= 11 is 0. The highest BCUT2D eigenvalue weighted by Crippen LogP contribution is 2.12. The van der Waals surface area contributed by atoms with E-state index in [0.29, 0.717) is 0 Å². The van der Waals surface area contributed by atoms with Crippen LogP contribution in [-0.2, 0) is 21.3 Å². The maximum atomic E-state index is 13.7. The van der Waals surface area contributed by atoms with E-state index in [4.69, 9.17) is 4.74 Å². The number of hydrogen-bond donors (Lipinski definition) is 1. The highest BCUT2D eigenvalue weighted by atomic mass is 32.2. The van der Waals surface area contributed by atoms with Crippen molar-refractivity contribution in [1.82, 2.24) is 9.62 Å². The molecular weight excluding hydrogens is 323 g/mol. The van der Waals surface area contributed by atoms with Crippen LogP contribution >= 0.6 is 0 Å². The maximum absolute atomic E-state index is 13.7. The molecule has 23 heavy (non-hydrogen) atoms. The maximum Gasteiger partial charge on any atom is 0.407 e. The lowest BCUT2D eigenvalue weighted by Gasteiger charge is -2.22. The number of benzene rings is 1. The number of sulfonamides is 1. The Bertz CT molecular complexity index is 641. The van der Waals surface area contributed by atoms with Crippen LogP contribution in [0.5, 0.6) is 0 Å². The summed E-state index contributed by atoms with van der Waals surface area (Å²) in [5.74, 6) is -0.471. The fraction of sp³-hybridized carbons (Fsp3) is 0.533. The Morgan fingerprint density at radius 1 is 1.30 bits per heavy atom. The first kappa shape index (κ1) is 19.4. The molecule has 0 aliphatic carbocycles. The Balaban J connectivity index is 2.64. The summed E-state index contributed by atoms with van der Waals surface area (Å²) in [5.41, 5.74) is -0.358. The molecule has 130 valence electrons. The van der Waals surface area contributed by atoms with Gasteiger partial charge in [-0.15, -0.1) is 0 Å². The summed E-state index contributed by atoms with van der Waals surface area (Å²) in [6.07, 6.45) is 0.415. The SMILES string of the molecule is CC(C)(C)OC(=O)NCCN(Cc1ccccc1F)S(C)(=O)=O. The number of halogens is 1. The number of nitrogens with zero attached hydrogens (tertiary/aromatic N) is 1. The third-order valence-corrected chi connectivity index (χ3v) is 4.05. The van der Waals surface area contributed by atoms with Gasteiger partial charge in [0.1, 0.15) is 11.4 Å². The standard InChI is InChI=1S/C15H23FN2O4S/c1-15(2,3)22-14(19)17-9-10-18(23(4,20)21)11-12-7-5-6-8-13(12)16/h5-8H,9-11H2,1-4H3,(H,17,19). The van der Waals surface area contributed by atoms with Crippen LogP contribution in [0.2, 0.25) is 0 Å². The smallest absolute Gasteiger partial charge is 0.407 e. The van der Waals surface area contributed by atoms with E-state index in [2.05, 4.69) is 5.32 Å². The molecule has 1 amide bonds. The Hall–Kier alpha value is -1.67. The number of carbonyl (C=O) groups excluding carboxylic acids is 1. The van der Waals surface area contributed by atoms with Crippen LogP contribution < -0.4 is 5.32 Å². The van der Waals surface area contributed by atoms with Crippen LogP contribution in [0.25, 0.3) is 0 Å². The highest BCUT2D eigenvalue weighted by Gasteiger charge is 2.20. The molecule has 1 rings (SSSR count). The molecule has 0 saturated heterocycles. The van der Waals surface area contributed by atoms with Crippen LogP contribution in [-0.4, -0.2) is 43.8 Å². The number of hydrogen-bond acceptors (Lipinski definition) is 4. The van der Waals surface area contributed by atoms with Gasteiger partial charge in [0, 0.05) is 25.2 Å². The molecule has 0 spiro atoms.